The molecular weight excluding hydrogens is 486 g/mol. The van der Waals surface area contributed by atoms with Crippen molar-refractivity contribution in [3.63, 3.8) is 0 Å². The number of piperidine rings is 1. The molecule has 188 valence electrons. The largest absolute Gasteiger partial charge is 0.497 e. The van der Waals surface area contributed by atoms with Gasteiger partial charge in [-0.15, -0.1) is 0 Å². The number of hydrogen-bond donors (Lipinski definition) is 1. The van der Waals surface area contributed by atoms with Crippen molar-refractivity contribution < 1.29 is 23.4 Å². The maximum Gasteiger partial charge on any atom is 0.308 e. The third-order valence-corrected chi connectivity index (χ3v) is 6.99. The van der Waals surface area contributed by atoms with Crippen molar-refractivity contribution in [1.82, 2.24) is 9.88 Å². The molecule has 3 aromatic rings. The molecule has 0 radical (unpaired) electrons. The third kappa shape index (κ3) is 6.13. The van der Waals surface area contributed by atoms with Crippen LogP contribution in [-0.4, -0.2) is 47.7 Å². The molecule has 0 unspecified atom stereocenters. The quantitative estimate of drug-likeness (QED) is 0.399. The second-order valence-electron chi connectivity index (χ2n) is 8.99. The Morgan fingerprint density at radius 1 is 1.33 bits per heavy atom. The first-order chi connectivity index (χ1) is 17.4. The highest BCUT2D eigenvalue weighted by Crippen LogP contribution is 2.38. The predicted octanol–water partition coefficient (Wildman–Crippen LogP) is 5.90. The van der Waals surface area contributed by atoms with Crippen molar-refractivity contribution in [2.45, 2.75) is 25.4 Å². The molecule has 1 fully saturated rings. The first kappa shape index (κ1) is 25.9. The lowest BCUT2D eigenvalue weighted by Crippen LogP contribution is -2.44. The molecule has 36 heavy (non-hydrogen) atoms. The lowest BCUT2D eigenvalue weighted by atomic mass is 9.81. The summed E-state index contributed by atoms with van der Waals surface area (Å²) in [7, 11) is 1.54. The third-order valence-electron chi connectivity index (χ3n) is 6.69. The number of aliphatic carboxylic acids is 1. The highest BCUT2D eigenvalue weighted by atomic mass is 35.5. The highest BCUT2D eigenvalue weighted by Gasteiger charge is 2.34. The van der Waals surface area contributed by atoms with E-state index in [9.17, 15) is 14.3 Å². The van der Waals surface area contributed by atoms with Gasteiger partial charge < -0.3 is 9.84 Å². The van der Waals surface area contributed by atoms with Crippen molar-refractivity contribution in [2.75, 3.05) is 26.7 Å². The zero-order valence-corrected chi connectivity index (χ0v) is 20.6. The summed E-state index contributed by atoms with van der Waals surface area (Å²) < 4.78 is 34.1. The molecule has 0 saturated carbocycles. The molecule has 2 heterocycles. The van der Waals surface area contributed by atoms with Gasteiger partial charge in [0, 0.05) is 29.3 Å². The maximum absolute atomic E-state index is 15.5. The van der Waals surface area contributed by atoms with Crippen LogP contribution >= 0.6 is 11.6 Å². The highest BCUT2D eigenvalue weighted by molar-refractivity contribution is 6.32. The van der Waals surface area contributed by atoms with Crippen LogP contribution in [-0.2, 0) is 4.79 Å². The van der Waals surface area contributed by atoms with Crippen molar-refractivity contribution in [2.24, 2.45) is 11.8 Å². The standard InChI is InChI=1S/C28H27ClF2N2O3/c1-36-21-8-10-26-22(15-21)27(24(29)16-32-26)25(31)9-7-19-11-13-33(17-23(19)28(34)35)12-3-5-18-4-2-6-20(30)14-18/h2,4,6,8,10,14-16,19,23,25H,7,9,11-13,17H2,1H3,(H,34,35)/t19-,23+,25-/m0/s1. The number of methoxy groups -OCH3 is 1. The number of nitrogens with zero attached hydrogens (tertiary/aromatic N) is 2. The van der Waals surface area contributed by atoms with Crippen LogP contribution in [0.4, 0.5) is 8.78 Å². The number of fused-ring (bicyclic) bond motifs is 1. The molecule has 4 rings (SSSR count). The van der Waals surface area contributed by atoms with Gasteiger partial charge in [-0.25, -0.2) is 8.78 Å². The van der Waals surface area contributed by atoms with E-state index in [4.69, 9.17) is 16.3 Å². The van der Waals surface area contributed by atoms with Gasteiger partial charge in [0.25, 0.3) is 0 Å². The minimum atomic E-state index is -1.36. The smallest absolute Gasteiger partial charge is 0.308 e. The molecule has 3 atom stereocenters. The lowest BCUT2D eigenvalue weighted by molar-refractivity contribution is -0.146. The number of pyridine rings is 1. The minimum Gasteiger partial charge on any atom is -0.497 e. The Kier molecular flexibility index (Phi) is 8.40. The lowest BCUT2D eigenvalue weighted by Gasteiger charge is -2.36. The number of benzene rings is 2. The van der Waals surface area contributed by atoms with Crippen LogP contribution in [0.5, 0.6) is 5.75 Å². The van der Waals surface area contributed by atoms with Gasteiger partial charge in [0.2, 0.25) is 0 Å². The Morgan fingerprint density at radius 3 is 2.92 bits per heavy atom. The fraction of sp³-hybridized carbons (Fsp3) is 0.357. The second-order valence-corrected chi connectivity index (χ2v) is 9.40. The molecule has 1 aliphatic rings. The number of hydrogen-bond acceptors (Lipinski definition) is 4. The van der Waals surface area contributed by atoms with Gasteiger partial charge >= 0.3 is 5.97 Å². The normalized spacial score (nSPS) is 18.9. The Balaban J connectivity index is 1.41. The van der Waals surface area contributed by atoms with E-state index in [-0.39, 0.29) is 23.2 Å². The number of carbonyl (C=O) groups is 1. The average molecular weight is 513 g/mol. The SMILES string of the molecule is COc1ccc2ncc(Cl)c([C@@H](F)CC[C@H]3CCN(CC#Cc4cccc(F)c4)C[C@H]3C(=O)O)c2c1. The molecule has 0 spiro atoms. The molecule has 2 aromatic carbocycles. The summed E-state index contributed by atoms with van der Waals surface area (Å²) in [5, 5.41) is 10.7. The molecule has 5 nitrogen and oxygen atoms in total. The summed E-state index contributed by atoms with van der Waals surface area (Å²) in [4.78, 5) is 18.3. The number of likely N-dealkylation sites (tertiary alicyclic amines) is 1. The summed E-state index contributed by atoms with van der Waals surface area (Å²) in [5.41, 5.74) is 1.56. The molecule has 0 amide bonds. The zero-order valence-electron chi connectivity index (χ0n) is 19.9. The van der Waals surface area contributed by atoms with Crippen molar-refractivity contribution in [3.05, 3.63) is 70.6 Å². The second kappa shape index (κ2) is 11.7. The Bertz CT molecular complexity index is 1310. The van der Waals surface area contributed by atoms with Crippen LogP contribution < -0.4 is 4.74 Å². The maximum atomic E-state index is 15.5. The number of carboxylic acids is 1. The monoisotopic (exact) mass is 512 g/mol. The summed E-state index contributed by atoms with van der Waals surface area (Å²) in [6.07, 6.45) is 1.29. The number of carboxylic acid groups (broad SMARTS) is 1. The van der Waals surface area contributed by atoms with Crippen LogP contribution in [0.15, 0.2) is 48.7 Å². The molecule has 1 aliphatic heterocycles. The summed E-state index contributed by atoms with van der Waals surface area (Å²) in [6, 6.07) is 11.3. The number of aromatic nitrogens is 1. The number of halogens is 3. The van der Waals surface area contributed by atoms with E-state index in [2.05, 4.69) is 16.8 Å². The Labute approximate surface area is 214 Å². The fourth-order valence-electron chi connectivity index (χ4n) is 4.77. The van der Waals surface area contributed by atoms with Gasteiger partial charge in [-0.05, 0) is 68.1 Å². The van der Waals surface area contributed by atoms with Gasteiger partial charge in [-0.2, -0.15) is 0 Å². The Morgan fingerprint density at radius 2 is 2.17 bits per heavy atom. The topological polar surface area (TPSA) is 62.7 Å². The van der Waals surface area contributed by atoms with E-state index in [0.717, 1.165) is 0 Å². The van der Waals surface area contributed by atoms with Crippen LogP contribution in [0.25, 0.3) is 10.9 Å². The van der Waals surface area contributed by atoms with Gasteiger partial charge in [-0.3, -0.25) is 14.7 Å². The van der Waals surface area contributed by atoms with Crippen molar-refractivity contribution >= 4 is 28.5 Å². The first-order valence-corrected chi connectivity index (χ1v) is 12.2. The molecule has 1 aromatic heterocycles. The summed E-state index contributed by atoms with van der Waals surface area (Å²) >= 11 is 6.34. The van der Waals surface area contributed by atoms with Gasteiger partial charge in [-0.1, -0.05) is 29.5 Å². The van der Waals surface area contributed by atoms with E-state index in [0.29, 0.717) is 60.3 Å². The van der Waals surface area contributed by atoms with Crippen LogP contribution in [0.1, 0.15) is 36.6 Å². The van der Waals surface area contributed by atoms with Crippen LogP contribution in [0.3, 0.4) is 0 Å². The van der Waals surface area contributed by atoms with E-state index >= 15 is 4.39 Å². The number of alkyl halides is 1. The molecule has 0 aliphatic carbocycles. The molecule has 1 N–H and O–H groups in total. The predicted molar refractivity (Wildman–Crippen MR) is 135 cm³/mol. The Hall–Kier alpha value is -3.21. The number of rotatable bonds is 7. The molecule has 8 heteroatoms. The van der Waals surface area contributed by atoms with Gasteiger partial charge in [0.05, 0.1) is 30.1 Å². The minimum absolute atomic E-state index is 0.157. The zero-order chi connectivity index (χ0) is 25.7. The molecular formula is C28H27ClF2N2O3. The van der Waals surface area contributed by atoms with Crippen LogP contribution in [0.2, 0.25) is 5.02 Å². The average Bonchev–Trinajstić information content (AvgIpc) is 2.87. The van der Waals surface area contributed by atoms with Gasteiger partial charge in [0.1, 0.15) is 17.7 Å². The van der Waals surface area contributed by atoms with Gasteiger partial charge in [0.15, 0.2) is 0 Å². The summed E-state index contributed by atoms with van der Waals surface area (Å²) in [5.74, 6) is 4.49. The summed E-state index contributed by atoms with van der Waals surface area (Å²) in [6.45, 7) is 1.39. The number of ether oxygens (including phenoxy) is 1. The molecule has 0 bridgehead atoms. The van der Waals surface area contributed by atoms with Crippen molar-refractivity contribution in [3.8, 4) is 17.6 Å². The van der Waals surface area contributed by atoms with E-state index in [1.54, 1.807) is 30.3 Å². The molecule has 1 saturated heterocycles. The first-order valence-electron chi connectivity index (χ1n) is 11.8. The van der Waals surface area contributed by atoms with E-state index < -0.39 is 18.1 Å². The van der Waals surface area contributed by atoms with Crippen LogP contribution in [0, 0.1) is 29.5 Å². The van der Waals surface area contributed by atoms with Crippen molar-refractivity contribution in [1.29, 1.82) is 0 Å². The van der Waals surface area contributed by atoms with E-state index in [1.807, 2.05) is 4.90 Å². The van der Waals surface area contributed by atoms with E-state index in [1.165, 1.54) is 25.4 Å². The fourth-order valence-corrected chi connectivity index (χ4v) is 5.04.